The van der Waals surface area contributed by atoms with Gasteiger partial charge in [-0.2, -0.15) is 5.26 Å². The number of benzene rings is 1. The van der Waals surface area contributed by atoms with Crippen molar-refractivity contribution in [2.75, 3.05) is 5.75 Å². The molecular weight excluding hydrogens is 265 g/mol. The Kier molecular flexibility index (Phi) is 4.20. The zero-order valence-corrected chi connectivity index (χ0v) is 11.4. The summed E-state index contributed by atoms with van der Waals surface area (Å²) in [5.41, 5.74) is 0.514. The molecule has 0 atom stereocenters. The molecule has 0 heterocycles. The summed E-state index contributed by atoms with van der Waals surface area (Å²) < 4.78 is 37.4. The van der Waals surface area contributed by atoms with E-state index in [1.807, 2.05) is 6.07 Å². The molecule has 0 saturated heterocycles. The number of nitrogens with zero attached hydrogens (tertiary/aromatic N) is 1. The summed E-state index contributed by atoms with van der Waals surface area (Å²) in [5, 5.41) is 8.75. The van der Waals surface area contributed by atoms with Crippen LogP contribution in [0.25, 0.3) is 0 Å². The van der Waals surface area contributed by atoms with Gasteiger partial charge in [-0.25, -0.2) is 12.8 Å². The summed E-state index contributed by atoms with van der Waals surface area (Å²) in [5.74, 6) is -0.333. The summed E-state index contributed by atoms with van der Waals surface area (Å²) in [4.78, 5) is 0. The number of sulfone groups is 1. The fourth-order valence-electron chi connectivity index (χ4n) is 2.65. The van der Waals surface area contributed by atoms with E-state index in [9.17, 15) is 12.8 Å². The van der Waals surface area contributed by atoms with Crippen molar-refractivity contribution in [1.29, 1.82) is 5.26 Å². The average Bonchev–Trinajstić information content (AvgIpc) is 2.79. The average molecular weight is 281 g/mol. The molecule has 1 saturated carbocycles. The topological polar surface area (TPSA) is 57.9 Å². The monoisotopic (exact) mass is 281 g/mol. The quantitative estimate of drug-likeness (QED) is 0.852. The van der Waals surface area contributed by atoms with Gasteiger partial charge in [-0.05, 0) is 42.5 Å². The number of rotatable bonds is 4. The van der Waals surface area contributed by atoms with Crippen molar-refractivity contribution in [2.45, 2.75) is 31.4 Å². The first kappa shape index (κ1) is 14.0. The molecule has 0 spiro atoms. The van der Waals surface area contributed by atoms with Gasteiger partial charge >= 0.3 is 0 Å². The van der Waals surface area contributed by atoms with Crippen molar-refractivity contribution >= 4 is 9.84 Å². The third kappa shape index (κ3) is 4.03. The maximum Gasteiger partial charge on any atom is 0.154 e. The third-order valence-corrected chi connectivity index (χ3v) is 5.19. The lowest BCUT2D eigenvalue weighted by Crippen LogP contribution is -2.16. The lowest BCUT2D eigenvalue weighted by atomic mass is 10.1. The van der Waals surface area contributed by atoms with Crippen LogP contribution < -0.4 is 0 Å². The minimum atomic E-state index is -3.24. The van der Waals surface area contributed by atoms with E-state index >= 15 is 0 Å². The van der Waals surface area contributed by atoms with Crippen molar-refractivity contribution in [3.8, 4) is 6.07 Å². The van der Waals surface area contributed by atoms with Gasteiger partial charge < -0.3 is 0 Å². The van der Waals surface area contributed by atoms with Crippen molar-refractivity contribution in [1.82, 2.24) is 0 Å². The first-order chi connectivity index (χ1) is 8.98. The van der Waals surface area contributed by atoms with Crippen LogP contribution >= 0.6 is 0 Å². The van der Waals surface area contributed by atoms with E-state index in [1.54, 1.807) is 0 Å². The highest BCUT2D eigenvalue weighted by atomic mass is 32.2. The Morgan fingerprint density at radius 1 is 1.26 bits per heavy atom. The molecule has 2 rings (SSSR count). The van der Waals surface area contributed by atoms with E-state index < -0.39 is 15.7 Å². The summed E-state index contributed by atoms with van der Waals surface area (Å²) >= 11 is 0. The fourth-order valence-corrected chi connectivity index (χ4v) is 4.49. The van der Waals surface area contributed by atoms with Gasteiger partial charge in [0.15, 0.2) is 9.84 Å². The summed E-state index contributed by atoms with van der Waals surface area (Å²) in [6.07, 6.45) is 4.12. The Balaban J connectivity index is 2.11. The first-order valence-electron chi connectivity index (χ1n) is 6.38. The SMILES string of the molecule is N#Cc1cc(F)cc(CS(=O)(=O)CC2CCCC2)c1. The maximum atomic E-state index is 13.2. The zero-order chi connectivity index (χ0) is 13.9. The number of hydrogen-bond acceptors (Lipinski definition) is 3. The fraction of sp³-hybridized carbons (Fsp3) is 0.500. The summed E-state index contributed by atoms with van der Waals surface area (Å²) in [6.45, 7) is 0. The largest absolute Gasteiger partial charge is 0.228 e. The molecule has 5 heteroatoms. The molecule has 19 heavy (non-hydrogen) atoms. The number of hydrogen-bond donors (Lipinski definition) is 0. The smallest absolute Gasteiger partial charge is 0.154 e. The van der Waals surface area contributed by atoms with Gasteiger partial charge in [0.1, 0.15) is 5.82 Å². The Morgan fingerprint density at radius 3 is 2.58 bits per heavy atom. The van der Waals surface area contributed by atoms with Crippen LogP contribution in [0.1, 0.15) is 36.8 Å². The molecule has 0 amide bonds. The molecule has 1 aliphatic carbocycles. The van der Waals surface area contributed by atoms with Crippen LogP contribution in [0.2, 0.25) is 0 Å². The molecule has 0 aromatic heterocycles. The normalized spacial score (nSPS) is 16.4. The highest BCUT2D eigenvalue weighted by Gasteiger charge is 2.23. The molecule has 1 aromatic carbocycles. The molecular formula is C14H16FNO2S. The molecule has 1 aromatic rings. The lowest BCUT2D eigenvalue weighted by molar-refractivity contribution is 0.558. The second-order valence-corrected chi connectivity index (χ2v) is 7.27. The van der Waals surface area contributed by atoms with Gasteiger partial charge in [0, 0.05) is 0 Å². The molecule has 0 radical (unpaired) electrons. The Bertz CT molecular complexity index is 598. The molecule has 0 aliphatic heterocycles. The van der Waals surface area contributed by atoms with E-state index in [1.165, 1.54) is 12.1 Å². The van der Waals surface area contributed by atoms with Crippen LogP contribution in [-0.2, 0) is 15.6 Å². The van der Waals surface area contributed by atoms with Crippen molar-refractivity contribution in [3.05, 3.63) is 35.1 Å². The standard InChI is InChI=1S/C14H16FNO2S/c15-14-6-12(8-16)5-13(7-14)10-19(17,18)9-11-3-1-2-4-11/h5-7,11H,1-4,9-10H2. The van der Waals surface area contributed by atoms with Crippen LogP contribution in [0, 0.1) is 23.1 Å². The predicted octanol–water partition coefficient (Wildman–Crippen LogP) is 2.80. The van der Waals surface area contributed by atoms with E-state index in [-0.39, 0.29) is 23.0 Å². The van der Waals surface area contributed by atoms with Gasteiger partial charge in [0.05, 0.1) is 23.1 Å². The van der Waals surface area contributed by atoms with E-state index in [2.05, 4.69) is 0 Å². The highest BCUT2D eigenvalue weighted by molar-refractivity contribution is 7.90. The Labute approximate surface area is 113 Å². The Morgan fingerprint density at radius 2 is 1.95 bits per heavy atom. The zero-order valence-electron chi connectivity index (χ0n) is 10.6. The number of nitriles is 1. The molecule has 0 N–H and O–H groups in total. The molecule has 102 valence electrons. The second-order valence-electron chi connectivity index (χ2n) is 5.17. The van der Waals surface area contributed by atoms with E-state index in [4.69, 9.17) is 5.26 Å². The summed E-state index contributed by atoms with van der Waals surface area (Å²) in [7, 11) is -3.24. The summed E-state index contributed by atoms with van der Waals surface area (Å²) in [6, 6.07) is 5.56. The van der Waals surface area contributed by atoms with E-state index in [0.717, 1.165) is 31.7 Å². The minimum absolute atomic E-state index is 0.158. The van der Waals surface area contributed by atoms with E-state index in [0.29, 0.717) is 5.56 Å². The highest BCUT2D eigenvalue weighted by Crippen LogP contribution is 2.27. The van der Waals surface area contributed by atoms with Crippen LogP contribution in [0.5, 0.6) is 0 Å². The van der Waals surface area contributed by atoms with Gasteiger partial charge in [-0.1, -0.05) is 12.8 Å². The van der Waals surface area contributed by atoms with Crippen molar-refractivity contribution in [2.24, 2.45) is 5.92 Å². The van der Waals surface area contributed by atoms with Crippen LogP contribution in [0.3, 0.4) is 0 Å². The van der Waals surface area contributed by atoms with Crippen LogP contribution in [0.4, 0.5) is 4.39 Å². The Hall–Kier alpha value is -1.41. The van der Waals surface area contributed by atoms with Gasteiger partial charge in [0.25, 0.3) is 0 Å². The predicted molar refractivity (Wildman–Crippen MR) is 70.6 cm³/mol. The number of halogens is 1. The van der Waals surface area contributed by atoms with Gasteiger partial charge in [-0.3, -0.25) is 0 Å². The minimum Gasteiger partial charge on any atom is -0.228 e. The van der Waals surface area contributed by atoms with Crippen LogP contribution in [0.15, 0.2) is 18.2 Å². The molecule has 1 aliphatic rings. The third-order valence-electron chi connectivity index (χ3n) is 3.44. The second kappa shape index (κ2) is 5.70. The molecule has 1 fully saturated rings. The van der Waals surface area contributed by atoms with Gasteiger partial charge in [-0.15, -0.1) is 0 Å². The lowest BCUT2D eigenvalue weighted by Gasteiger charge is -2.10. The molecule has 3 nitrogen and oxygen atoms in total. The van der Waals surface area contributed by atoms with Gasteiger partial charge in [0.2, 0.25) is 0 Å². The first-order valence-corrected chi connectivity index (χ1v) is 8.20. The van der Waals surface area contributed by atoms with Crippen LogP contribution in [-0.4, -0.2) is 14.2 Å². The maximum absolute atomic E-state index is 13.2. The van der Waals surface area contributed by atoms with Crippen molar-refractivity contribution in [3.63, 3.8) is 0 Å². The van der Waals surface area contributed by atoms with Crippen molar-refractivity contribution < 1.29 is 12.8 Å². The molecule has 0 unspecified atom stereocenters. The molecule has 0 bridgehead atoms.